The molecule has 0 atom stereocenters. The van der Waals surface area contributed by atoms with Crippen molar-refractivity contribution >= 4 is 23.3 Å². The predicted molar refractivity (Wildman–Crippen MR) is 111 cm³/mol. The highest BCUT2D eigenvalue weighted by atomic mass is 16.7. The van der Waals surface area contributed by atoms with E-state index < -0.39 is 18.5 Å². The number of ketones is 1. The Kier molecular flexibility index (Phi) is 6.07. The summed E-state index contributed by atoms with van der Waals surface area (Å²) in [6, 6.07) is 13.7. The number of carbonyl (C=O) groups excluding carboxylic acids is 3. The summed E-state index contributed by atoms with van der Waals surface area (Å²) >= 11 is 0. The van der Waals surface area contributed by atoms with Crippen molar-refractivity contribution in [1.82, 2.24) is 0 Å². The molecule has 0 spiro atoms. The maximum atomic E-state index is 12.4. The van der Waals surface area contributed by atoms with E-state index in [1.165, 1.54) is 25.3 Å². The average Bonchev–Trinajstić information content (AvgIpc) is 3.45. The van der Waals surface area contributed by atoms with Gasteiger partial charge in [-0.05, 0) is 31.2 Å². The highest BCUT2D eigenvalue weighted by Crippen LogP contribution is 2.37. The van der Waals surface area contributed by atoms with Crippen molar-refractivity contribution in [2.75, 3.05) is 18.7 Å². The van der Waals surface area contributed by atoms with Crippen LogP contribution in [0.5, 0.6) is 17.2 Å². The average molecular weight is 437 g/mol. The highest BCUT2D eigenvalue weighted by molar-refractivity contribution is 6.05. The van der Waals surface area contributed by atoms with Crippen LogP contribution in [0.2, 0.25) is 0 Å². The SMILES string of the molecule is CC(=O)c1cc2c(cc1NC(=O)COC(=O)c1occc1COc1ccccc1)OCO2. The molecule has 0 aliphatic carbocycles. The second-order valence-electron chi connectivity index (χ2n) is 6.81. The molecule has 0 unspecified atom stereocenters. The molecular formula is C23H19NO8. The van der Waals surface area contributed by atoms with E-state index >= 15 is 0 Å². The third-order valence-electron chi connectivity index (χ3n) is 4.57. The van der Waals surface area contributed by atoms with Crippen molar-refractivity contribution in [3.05, 3.63) is 71.7 Å². The second-order valence-corrected chi connectivity index (χ2v) is 6.81. The number of anilines is 1. The molecule has 1 aromatic heterocycles. The lowest BCUT2D eigenvalue weighted by atomic mass is 10.1. The van der Waals surface area contributed by atoms with E-state index in [1.54, 1.807) is 18.2 Å². The molecule has 2 aromatic carbocycles. The van der Waals surface area contributed by atoms with E-state index in [-0.39, 0.29) is 36.2 Å². The quantitative estimate of drug-likeness (QED) is 0.420. The molecule has 0 fully saturated rings. The maximum absolute atomic E-state index is 12.4. The Balaban J connectivity index is 1.36. The Morgan fingerprint density at radius 1 is 1.03 bits per heavy atom. The molecule has 0 bridgehead atoms. The normalized spacial score (nSPS) is 11.7. The minimum atomic E-state index is -0.811. The molecule has 32 heavy (non-hydrogen) atoms. The van der Waals surface area contributed by atoms with Crippen LogP contribution in [0.25, 0.3) is 0 Å². The summed E-state index contributed by atoms with van der Waals surface area (Å²) in [5.74, 6) is -0.306. The Morgan fingerprint density at radius 2 is 1.78 bits per heavy atom. The Morgan fingerprint density at radius 3 is 2.53 bits per heavy atom. The number of hydrogen-bond donors (Lipinski definition) is 1. The van der Waals surface area contributed by atoms with Crippen LogP contribution in [0.4, 0.5) is 5.69 Å². The van der Waals surface area contributed by atoms with E-state index in [2.05, 4.69) is 5.32 Å². The van der Waals surface area contributed by atoms with Gasteiger partial charge in [0.15, 0.2) is 23.9 Å². The van der Waals surface area contributed by atoms with E-state index in [4.69, 9.17) is 23.4 Å². The lowest BCUT2D eigenvalue weighted by molar-refractivity contribution is -0.119. The van der Waals surface area contributed by atoms with Crippen LogP contribution in [0.3, 0.4) is 0 Å². The monoisotopic (exact) mass is 437 g/mol. The van der Waals surface area contributed by atoms with Crippen molar-refractivity contribution in [2.45, 2.75) is 13.5 Å². The van der Waals surface area contributed by atoms with E-state index in [9.17, 15) is 14.4 Å². The fourth-order valence-electron chi connectivity index (χ4n) is 3.03. The minimum Gasteiger partial charge on any atom is -0.489 e. The van der Waals surface area contributed by atoms with Gasteiger partial charge in [-0.15, -0.1) is 0 Å². The van der Waals surface area contributed by atoms with E-state index in [0.717, 1.165) is 0 Å². The molecule has 1 N–H and O–H groups in total. The van der Waals surface area contributed by atoms with Crippen LogP contribution in [0.15, 0.2) is 59.2 Å². The molecule has 164 valence electrons. The number of benzene rings is 2. The standard InChI is InChI=1S/C23H19NO8/c1-14(25)17-9-19-20(32-13-31-19)10-18(17)24-21(26)12-30-23(27)22-15(7-8-28-22)11-29-16-5-3-2-4-6-16/h2-10H,11-13H2,1H3,(H,24,26). The van der Waals surface area contributed by atoms with Crippen LogP contribution >= 0.6 is 0 Å². The van der Waals surface area contributed by atoms with Gasteiger partial charge in [0.1, 0.15) is 12.4 Å². The van der Waals surface area contributed by atoms with Crippen molar-refractivity contribution in [1.29, 1.82) is 0 Å². The fourth-order valence-corrected chi connectivity index (χ4v) is 3.03. The smallest absolute Gasteiger partial charge is 0.375 e. The third kappa shape index (κ3) is 4.72. The number of esters is 1. The van der Waals surface area contributed by atoms with Gasteiger partial charge < -0.3 is 28.7 Å². The summed E-state index contributed by atoms with van der Waals surface area (Å²) in [4.78, 5) is 36.6. The van der Waals surface area contributed by atoms with Gasteiger partial charge in [0.2, 0.25) is 12.6 Å². The Bertz CT molecular complexity index is 1150. The molecule has 9 heteroatoms. The molecule has 1 aliphatic rings. The predicted octanol–water partition coefficient (Wildman–Crippen LogP) is 3.59. The number of rotatable bonds is 8. The number of furan rings is 1. The molecular weight excluding hydrogens is 418 g/mol. The van der Waals surface area contributed by atoms with Gasteiger partial charge >= 0.3 is 5.97 Å². The molecule has 2 heterocycles. The summed E-state index contributed by atoms with van der Waals surface area (Å²) in [6.07, 6.45) is 1.34. The number of carbonyl (C=O) groups is 3. The minimum absolute atomic E-state index is 0.0289. The van der Waals surface area contributed by atoms with Gasteiger partial charge in [0.25, 0.3) is 5.91 Å². The first-order chi connectivity index (χ1) is 15.5. The first kappa shape index (κ1) is 21.0. The van der Waals surface area contributed by atoms with Crippen molar-refractivity contribution in [2.24, 2.45) is 0 Å². The van der Waals surface area contributed by atoms with Gasteiger partial charge in [0.05, 0.1) is 12.0 Å². The zero-order valence-electron chi connectivity index (χ0n) is 17.1. The molecule has 0 radical (unpaired) electrons. The van der Waals surface area contributed by atoms with Gasteiger partial charge in [-0.1, -0.05) is 18.2 Å². The number of fused-ring (bicyclic) bond motifs is 1. The Labute approximate surface area is 182 Å². The van der Waals surface area contributed by atoms with Crippen LogP contribution in [-0.4, -0.2) is 31.1 Å². The summed E-state index contributed by atoms with van der Waals surface area (Å²) in [6.45, 7) is 0.908. The molecule has 1 aliphatic heterocycles. The van der Waals surface area contributed by atoms with E-state index in [1.807, 2.05) is 18.2 Å². The van der Waals surface area contributed by atoms with Crippen LogP contribution in [0, 0.1) is 0 Å². The third-order valence-corrected chi connectivity index (χ3v) is 4.57. The topological polar surface area (TPSA) is 113 Å². The van der Waals surface area contributed by atoms with Crippen molar-refractivity contribution in [3.8, 4) is 17.2 Å². The first-order valence-electron chi connectivity index (χ1n) is 9.67. The first-order valence-corrected chi connectivity index (χ1v) is 9.67. The van der Waals surface area contributed by atoms with E-state index in [0.29, 0.717) is 22.8 Å². The number of para-hydroxylation sites is 1. The summed E-state index contributed by atoms with van der Waals surface area (Å²) in [5.41, 5.74) is 0.965. The van der Waals surface area contributed by atoms with Crippen molar-refractivity contribution < 1.29 is 37.7 Å². The molecule has 4 rings (SSSR count). The molecule has 0 saturated heterocycles. The van der Waals surface area contributed by atoms with Crippen LogP contribution in [-0.2, 0) is 16.1 Å². The molecule has 9 nitrogen and oxygen atoms in total. The zero-order chi connectivity index (χ0) is 22.5. The lowest BCUT2D eigenvalue weighted by Crippen LogP contribution is -2.22. The second kappa shape index (κ2) is 9.25. The molecule has 0 saturated carbocycles. The summed E-state index contributed by atoms with van der Waals surface area (Å²) < 4.78 is 26.4. The van der Waals surface area contributed by atoms with Crippen molar-refractivity contribution in [3.63, 3.8) is 0 Å². The number of ether oxygens (including phenoxy) is 4. The van der Waals surface area contributed by atoms with Crippen LogP contribution < -0.4 is 19.5 Å². The van der Waals surface area contributed by atoms with Gasteiger partial charge in [-0.25, -0.2) is 4.79 Å². The van der Waals surface area contributed by atoms with Gasteiger partial charge in [0, 0.05) is 17.2 Å². The number of nitrogens with one attached hydrogen (secondary N) is 1. The van der Waals surface area contributed by atoms with Gasteiger partial charge in [-0.2, -0.15) is 0 Å². The molecule has 3 aromatic rings. The summed E-state index contributed by atoms with van der Waals surface area (Å²) in [7, 11) is 0. The fraction of sp³-hybridized carbons (Fsp3) is 0.174. The van der Waals surface area contributed by atoms with Gasteiger partial charge in [-0.3, -0.25) is 9.59 Å². The lowest BCUT2D eigenvalue weighted by Gasteiger charge is -2.11. The maximum Gasteiger partial charge on any atom is 0.375 e. The highest BCUT2D eigenvalue weighted by Gasteiger charge is 2.22. The van der Waals surface area contributed by atoms with Crippen LogP contribution in [0.1, 0.15) is 33.4 Å². The summed E-state index contributed by atoms with van der Waals surface area (Å²) in [5, 5.41) is 2.56. The number of amides is 1. The number of hydrogen-bond acceptors (Lipinski definition) is 8. The zero-order valence-corrected chi connectivity index (χ0v) is 17.1. The number of Topliss-reactive ketones (excluding diaryl/α,β-unsaturated/α-hetero) is 1. The Hall–Kier alpha value is -4.27. The molecule has 1 amide bonds. The largest absolute Gasteiger partial charge is 0.489 e.